The Hall–Kier alpha value is -3.41. The molecule has 0 unspecified atom stereocenters. The number of quaternary nitrogens is 1. The van der Waals surface area contributed by atoms with Gasteiger partial charge < -0.3 is 37.1 Å². The molecule has 0 radical (unpaired) electrons. The highest BCUT2D eigenvalue weighted by molar-refractivity contribution is 6.29. The van der Waals surface area contributed by atoms with Crippen LogP contribution in [-0.2, 0) is 4.79 Å². The van der Waals surface area contributed by atoms with E-state index in [4.69, 9.17) is 27.8 Å². The molecular formula is C23H34ClN8O3+. The Morgan fingerprint density at radius 1 is 1.29 bits per heavy atom. The Labute approximate surface area is 210 Å². The smallest absolute Gasteiger partial charge is 0.274 e. The van der Waals surface area contributed by atoms with E-state index in [9.17, 15) is 9.59 Å². The summed E-state index contributed by atoms with van der Waals surface area (Å²) in [5, 5.41) is 7.67. The number of carbonyl (C=O) groups excluding carboxylic acids is 2. The molecule has 0 saturated carbocycles. The zero-order valence-electron chi connectivity index (χ0n) is 20.1. The number of amides is 2. The van der Waals surface area contributed by atoms with Crippen LogP contribution in [0.15, 0.2) is 36.7 Å². The molecule has 35 heavy (non-hydrogen) atoms. The molecule has 0 spiro atoms. The fraction of sp³-hybridized carbons (Fsp3) is 0.391. The first kappa shape index (κ1) is 27.8. The number of halogens is 1. The zero-order chi connectivity index (χ0) is 25.8. The van der Waals surface area contributed by atoms with Crippen LogP contribution in [-0.4, -0.2) is 61.1 Å². The molecule has 0 aliphatic carbocycles. The van der Waals surface area contributed by atoms with E-state index in [1.807, 2.05) is 36.9 Å². The molecule has 1 heterocycles. The average molecular weight is 506 g/mol. The van der Waals surface area contributed by atoms with Crippen molar-refractivity contribution in [3.8, 4) is 5.75 Å². The van der Waals surface area contributed by atoms with E-state index in [2.05, 4.69) is 32.5 Å². The predicted molar refractivity (Wildman–Crippen MR) is 137 cm³/mol. The molecule has 0 bridgehead atoms. The number of anilines is 2. The van der Waals surface area contributed by atoms with Gasteiger partial charge in [0.15, 0.2) is 23.8 Å². The van der Waals surface area contributed by atoms with Crippen LogP contribution >= 0.6 is 11.6 Å². The molecule has 2 rings (SSSR count). The van der Waals surface area contributed by atoms with Crippen molar-refractivity contribution in [3.63, 3.8) is 0 Å². The quantitative estimate of drug-likeness (QED) is 0.183. The van der Waals surface area contributed by atoms with E-state index in [1.54, 1.807) is 0 Å². The summed E-state index contributed by atoms with van der Waals surface area (Å²) in [5.41, 5.74) is 13.6. The molecule has 1 aromatic carbocycles. The van der Waals surface area contributed by atoms with Gasteiger partial charge in [-0.3, -0.25) is 9.59 Å². The van der Waals surface area contributed by atoms with Gasteiger partial charge in [0.1, 0.15) is 16.6 Å². The number of carbonyl (C=O) groups is 2. The number of aromatic nitrogens is 2. The van der Waals surface area contributed by atoms with Crippen molar-refractivity contribution in [1.82, 2.24) is 20.6 Å². The Kier molecular flexibility index (Phi) is 11.2. The SMILES string of the molecule is C=C(CNC(=O)c1nc(Cl)cnc1N)N(CC)c1cc(OCC(=O)NCCCN)ccc1[NH2+]CC. The Balaban J connectivity index is 2.12. The van der Waals surface area contributed by atoms with Crippen molar-refractivity contribution in [1.29, 1.82) is 0 Å². The molecule has 0 saturated heterocycles. The number of nitrogens with two attached hydrogens (primary N) is 3. The number of rotatable bonds is 14. The van der Waals surface area contributed by atoms with Crippen molar-refractivity contribution < 1.29 is 19.6 Å². The predicted octanol–water partition coefficient (Wildman–Crippen LogP) is 0.541. The molecule has 0 atom stereocenters. The van der Waals surface area contributed by atoms with Crippen LogP contribution in [0.1, 0.15) is 30.8 Å². The lowest BCUT2D eigenvalue weighted by Crippen LogP contribution is -2.77. The largest absolute Gasteiger partial charge is 0.484 e. The summed E-state index contributed by atoms with van der Waals surface area (Å²) in [5.74, 6) is -0.194. The van der Waals surface area contributed by atoms with Gasteiger partial charge in [0.2, 0.25) is 0 Å². The average Bonchev–Trinajstić information content (AvgIpc) is 2.84. The molecule has 2 amide bonds. The Bertz CT molecular complexity index is 1030. The van der Waals surface area contributed by atoms with Gasteiger partial charge in [0.25, 0.3) is 11.8 Å². The van der Waals surface area contributed by atoms with Crippen LogP contribution in [0, 0.1) is 0 Å². The van der Waals surface area contributed by atoms with E-state index in [1.165, 1.54) is 6.20 Å². The van der Waals surface area contributed by atoms with E-state index in [0.717, 1.165) is 17.9 Å². The second-order valence-electron chi connectivity index (χ2n) is 7.53. The van der Waals surface area contributed by atoms with Gasteiger partial charge in [-0.1, -0.05) is 18.2 Å². The number of ether oxygens (including phenoxy) is 1. The summed E-state index contributed by atoms with van der Waals surface area (Å²) in [7, 11) is 0. The molecule has 0 aliphatic rings. The van der Waals surface area contributed by atoms with Crippen molar-refractivity contribution in [3.05, 3.63) is 47.5 Å². The number of hydrogen-bond acceptors (Lipinski definition) is 8. The van der Waals surface area contributed by atoms with Gasteiger partial charge in [-0.2, -0.15) is 0 Å². The monoisotopic (exact) mass is 505 g/mol. The fourth-order valence-electron chi connectivity index (χ4n) is 3.24. The van der Waals surface area contributed by atoms with Crippen molar-refractivity contribution >= 4 is 40.6 Å². The lowest BCUT2D eigenvalue weighted by atomic mass is 10.2. The van der Waals surface area contributed by atoms with Crippen molar-refractivity contribution in [2.45, 2.75) is 20.3 Å². The summed E-state index contributed by atoms with van der Waals surface area (Å²) >= 11 is 5.83. The molecule has 0 aliphatic heterocycles. The molecule has 0 fully saturated rings. The normalized spacial score (nSPS) is 10.5. The summed E-state index contributed by atoms with van der Waals surface area (Å²) < 4.78 is 5.70. The molecule has 1 aromatic heterocycles. The third-order valence-corrected chi connectivity index (χ3v) is 5.11. The minimum absolute atomic E-state index is 0.0124. The third-order valence-electron chi connectivity index (χ3n) is 4.93. The topological polar surface area (TPSA) is 165 Å². The third kappa shape index (κ3) is 8.39. The van der Waals surface area contributed by atoms with Gasteiger partial charge in [0, 0.05) is 30.9 Å². The fourth-order valence-corrected chi connectivity index (χ4v) is 3.37. The Morgan fingerprint density at radius 3 is 2.74 bits per heavy atom. The molecule has 2 aromatic rings. The van der Waals surface area contributed by atoms with Crippen molar-refractivity contribution in [2.75, 3.05) is 50.0 Å². The van der Waals surface area contributed by atoms with Gasteiger partial charge in [-0.15, -0.1) is 0 Å². The lowest BCUT2D eigenvalue weighted by molar-refractivity contribution is -0.567. The van der Waals surface area contributed by atoms with Gasteiger partial charge in [0.05, 0.1) is 19.3 Å². The van der Waals surface area contributed by atoms with Gasteiger partial charge >= 0.3 is 0 Å². The molecule has 8 N–H and O–H groups in total. The highest BCUT2D eigenvalue weighted by atomic mass is 35.5. The van der Waals surface area contributed by atoms with E-state index in [-0.39, 0.29) is 35.7 Å². The second-order valence-corrected chi connectivity index (χ2v) is 7.92. The van der Waals surface area contributed by atoms with Crippen LogP contribution in [0.25, 0.3) is 0 Å². The molecule has 11 nitrogen and oxygen atoms in total. The maximum absolute atomic E-state index is 12.6. The number of likely N-dealkylation sites (N-methyl/N-ethyl adjacent to an activating group) is 1. The Morgan fingerprint density at radius 2 is 2.06 bits per heavy atom. The minimum atomic E-state index is -0.507. The van der Waals surface area contributed by atoms with Crippen LogP contribution in [0.5, 0.6) is 5.75 Å². The summed E-state index contributed by atoms with van der Waals surface area (Å²) in [4.78, 5) is 34.3. The van der Waals surface area contributed by atoms with Crippen LogP contribution in [0.2, 0.25) is 5.15 Å². The summed E-state index contributed by atoms with van der Waals surface area (Å²) in [6.45, 7) is 10.6. The number of hydrogen-bond donors (Lipinski definition) is 5. The van der Waals surface area contributed by atoms with Gasteiger partial charge in [-0.05, 0) is 32.9 Å². The van der Waals surface area contributed by atoms with Crippen LogP contribution < -0.4 is 37.1 Å². The van der Waals surface area contributed by atoms with Crippen LogP contribution in [0.3, 0.4) is 0 Å². The summed E-state index contributed by atoms with van der Waals surface area (Å²) in [6.07, 6.45) is 1.98. The maximum atomic E-state index is 12.6. The summed E-state index contributed by atoms with van der Waals surface area (Å²) in [6, 6.07) is 5.60. The standard InChI is InChI=1S/C23H33ClN8O3/c1-4-27-17-8-7-16(35-14-20(33)28-10-6-9-25)11-18(17)32(5-2)15(3)12-30-23(34)21-22(26)29-13-19(24)31-21/h7-8,11,13,27H,3-6,9-10,12,14,25H2,1-2H3,(H2,26,29)(H,28,33)(H,30,34)/p+1. The van der Waals surface area contributed by atoms with E-state index in [0.29, 0.717) is 37.5 Å². The molecular weight excluding hydrogens is 472 g/mol. The van der Waals surface area contributed by atoms with Crippen molar-refractivity contribution in [2.24, 2.45) is 5.73 Å². The first-order valence-corrected chi connectivity index (χ1v) is 11.8. The zero-order valence-corrected chi connectivity index (χ0v) is 20.9. The number of nitrogen functional groups attached to an aromatic ring is 1. The highest BCUT2D eigenvalue weighted by Gasteiger charge is 2.19. The maximum Gasteiger partial charge on any atom is 0.274 e. The van der Waals surface area contributed by atoms with E-state index < -0.39 is 5.91 Å². The first-order chi connectivity index (χ1) is 16.8. The number of benzene rings is 1. The first-order valence-electron chi connectivity index (χ1n) is 11.4. The minimum Gasteiger partial charge on any atom is -0.484 e. The van der Waals surface area contributed by atoms with Gasteiger partial charge in [-0.25, -0.2) is 9.97 Å². The number of nitrogens with zero attached hydrogens (tertiary/aromatic N) is 3. The second kappa shape index (κ2) is 14.1. The number of nitrogens with one attached hydrogen (secondary N) is 2. The molecule has 190 valence electrons. The molecule has 12 heteroatoms. The lowest BCUT2D eigenvalue weighted by Gasteiger charge is -2.27. The van der Waals surface area contributed by atoms with Crippen LogP contribution in [0.4, 0.5) is 17.2 Å². The van der Waals surface area contributed by atoms with E-state index >= 15 is 0 Å². The highest BCUT2D eigenvalue weighted by Crippen LogP contribution is 2.29.